The number of carbonyl (C=O) groups is 1. The molecule has 0 spiro atoms. The van der Waals surface area contributed by atoms with Gasteiger partial charge in [0.1, 0.15) is 0 Å². The first kappa shape index (κ1) is 14.2. The molecule has 0 fully saturated rings. The molecule has 7 heteroatoms. The second-order valence-electron chi connectivity index (χ2n) is 5.28. The van der Waals surface area contributed by atoms with Crippen molar-refractivity contribution in [1.82, 2.24) is 20.2 Å². The Morgan fingerprint density at radius 1 is 1.50 bits per heavy atom. The number of tetrazole rings is 1. The Balaban J connectivity index is 2.24. The van der Waals surface area contributed by atoms with Crippen LogP contribution < -0.4 is 0 Å². The van der Waals surface area contributed by atoms with E-state index in [4.69, 9.17) is 4.42 Å². The fourth-order valence-corrected chi connectivity index (χ4v) is 2.12. The maximum Gasteiger partial charge on any atom is 0.308 e. The number of aliphatic carboxylic acids is 1. The normalized spacial score (nSPS) is 12.8. The van der Waals surface area contributed by atoms with Gasteiger partial charge in [-0.05, 0) is 41.3 Å². The van der Waals surface area contributed by atoms with Crippen LogP contribution in [0.15, 0.2) is 16.7 Å². The lowest BCUT2D eigenvalue weighted by molar-refractivity contribution is -0.142. The minimum Gasteiger partial charge on any atom is -0.481 e. The van der Waals surface area contributed by atoms with Crippen molar-refractivity contribution in [2.24, 2.45) is 11.8 Å². The second-order valence-corrected chi connectivity index (χ2v) is 5.28. The molecule has 0 aromatic carbocycles. The van der Waals surface area contributed by atoms with E-state index in [9.17, 15) is 9.90 Å². The van der Waals surface area contributed by atoms with E-state index in [0.29, 0.717) is 23.9 Å². The quantitative estimate of drug-likeness (QED) is 0.868. The van der Waals surface area contributed by atoms with Crippen LogP contribution in [-0.4, -0.2) is 31.3 Å². The van der Waals surface area contributed by atoms with Crippen molar-refractivity contribution in [2.75, 3.05) is 0 Å². The van der Waals surface area contributed by atoms with E-state index in [2.05, 4.69) is 15.5 Å². The molecule has 2 rings (SSSR count). The van der Waals surface area contributed by atoms with E-state index in [1.807, 2.05) is 26.8 Å². The molecule has 108 valence electrons. The molecule has 1 unspecified atom stereocenters. The molecule has 0 amide bonds. The van der Waals surface area contributed by atoms with Crippen molar-refractivity contribution in [3.63, 3.8) is 0 Å². The molecule has 2 aromatic rings. The minimum atomic E-state index is -0.837. The first-order valence-electron chi connectivity index (χ1n) is 6.52. The third-order valence-electron chi connectivity index (χ3n) is 3.10. The van der Waals surface area contributed by atoms with Gasteiger partial charge in [-0.3, -0.25) is 4.79 Å². The summed E-state index contributed by atoms with van der Waals surface area (Å²) in [6.07, 6.45) is 2.14. The summed E-state index contributed by atoms with van der Waals surface area (Å²) in [6, 6.07) is 1.82. The molecule has 1 N–H and O–H groups in total. The van der Waals surface area contributed by atoms with Gasteiger partial charge in [-0.2, -0.15) is 0 Å². The van der Waals surface area contributed by atoms with Gasteiger partial charge in [0, 0.05) is 0 Å². The third-order valence-corrected chi connectivity index (χ3v) is 3.10. The number of nitrogens with zero attached hydrogens (tertiary/aromatic N) is 4. The van der Waals surface area contributed by atoms with Crippen molar-refractivity contribution in [2.45, 2.75) is 33.7 Å². The molecule has 20 heavy (non-hydrogen) atoms. The standard InChI is InChI=1S/C13H18N4O3/c1-8(2)6-10(13(18)19)7-17-12(14-15-16-17)11-9(3)4-5-20-11/h4-5,8,10H,6-7H2,1-3H3,(H,18,19). The van der Waals surface area contributed by atoms with Gasteiger partial charge in [0.05, 0.1) is 18.7 Å². The van der Waals surface area contributed by atoms with Crippen molar-refractivity contribution in [3.05, 3.63) is 17.9 Å². The van der Waals surface area contributed by atoms with Crippen molar-refractivity contribution in [3.8, 4) is 11.6 Å². The SMILES string of the molecule is Cc1ccoc1-c1nnnn1CC(CC(C)C)C(=O)O. The van der Waals surface area contributed by atoms with Crippen LogP contribution in [0.3, 0.4) is 0 Å². The molecule has 0 radical (unpaired) electrons. The maximum absolute atomic E-state index is 11.3. The van der Waals surface area contributed by atoms with Gasteiger partial charge in [0.2, 0.25) is 5.82 Å². The van der Waals surface area contributed by atoms with Crippen LogP contribution in [-0.2, 0) is 11.3 Å². The predicted octanol–water partition coefficient (Wildman–Crippen LogP) is 1.99. The highest BCUT2D eigenvalue weighted by molar-refractivity contribution is 5.70. The van der Waals surface area contributed by atoms with E-state index in [1.54, 1.807) is 6.26 Å². The number of hydrogen-bond acceptors (Lipinski definition) is 5. The van der Waals surface area contributed by atoms with Crippen LogP contribution in [0, 0.1) is 18.8 Å². The zero-order valence-corrected chi connectivity index (χ0v) is 11.8. The number of furan rings is 1. The number of rotatable bonds is 6. The van der Waals surface area contributed by atoms with Crippen LogP contribution in [0.5, 0.6) is 0 Å². The first-order chi connectivity index (χ1) is 9.49. The number of hydrogen-bond donors (Lipinski definition) is 1. The Kier molecular flexibility index (Phi) is 4.16. The van der Waals surface area contributed by atoms with Crippen molar-refractivity contribution in [1.29, 1.82) is 0 Å². The molecule has 0 bridgehead atoms. The third kappa shape index (κ3) is 3.04. The van der Waals surface area contributed by atoms with Gasteiger partial charge in [0.15, 0.2) is 5.76 Å². The molecule has 2 aromatic heterocycles. The van der Waals surface area contributed by atoms with Crippen molar-refractivity contribution < 1.29 is 14.3 Å². The van der Waals surface area contributed by atoms with Crippen LogP contribution >= 0.6 is 0 Å². The molecule has 0 aliphatic heterocycles. The molecule has 0 aliphatic carbocycles. The smallest absolute Gasteiger partial charge is 0.308 e. The summed E-state index contributed by atoms with van der Waals surface area (Å²) in [6.45, 7) is 6.11. The Labute approximate surface area is 116 Å². The summed E-state index contributed by atoms with van der Waals surface area (Å²) in [5, 5.41) is 20.7. The number of carboxylic acid groups (broad SMARTS) is 1. The Hall–Kier alpha value is -2.18. The second kappa shape index (κ2) is 5.85. The highest BCUT2D eigenvalue weighted by Crippen LogP contribution is 2.23. The molecular weight excluding hydrogens is 260 g/mol. The van der Waals surface area contributed by atoms with Crippen LogP contribution in [0.2, 0.25) is 0 Å². The first-order valence-corrected chi connectivity index (χ1v) is 6.52. The zero-order valence-electron chi connectivity index (χ0n) is 11.8. The maximum atomic E-state index is 11.3. The number of aryl methyl sites for hydroxylation is 1. The minimum absolute atomic E-state index is 0.232. The topological polar surface area (TPSA) is 94.0 Å². The van der Waals surface area contributed by atoms with Crippen LogP contribution in [0.1, 0.15) is 25.8 Å². The molecule has 2 heterocycles. The summed E-state index contributed by atoms with van der Waals surface area (Å²) < 4.78 is 6.85. The lowest BCUT2D eigenvalue weighted by Crippen LogP contribution is -2.23. The van der Waals surface area contributed by atoms with E-state index in [1.165, 1.54) is 4.68 Å². The van der Waals surface area contributed by atoms with Gasteiger partial charge >= 0.3 is 5.97 Å². The number of carboxylic acids is 1. The average Bonchev–Trinajstić information content (AvgIpc) is 2.96. The highest BCUT2D eigenvalue weighted by atomic mass is 16.4. The van der Waals surface area contributed by atoms with Crippen LogP contribution in [0.25, 0.3) is 11.6 Å². The lowest BCUT2D eigenvalue weighted by atomic mass is 9.97. The fraction of sp³-hybridized carbons (Fsp3) is 0.538. The summed E-state index contributed by atoms with van der Waals surface area (Å²) in [5.74, 6) is -0.0311. The summed E-state index contributed by atoms with van der Waals surface area (Å²) >= 11 is 0. The number of aromatic nitrogens is 4. The summed E-state index contributed by atoms with van der Waals surface area (Å²) in [4.78, 5) is 11.3. The Bertz CT molecular complexity index is 588. The average molecular weight is 278 g/mol. The lowest BCUT2D eigenvalue weighted by Gasteiger charge is -2.14. The summed E-state index contributed by atoms with van der Waals surface area (Å²) in [5.41, 5.74) is 0.914. The summed E-state index contributed by atoms with van der Waals surface area (Å²) in [7, 11) is 0. The Morgan fingerprint density at radius 2 is 2.25 bits per heavy atom. The van der Waals surface area contributed by atoms with Gasteiger partial charge in [0.25, 0.3) is 0 Å². The molecular formula is C13H18N4O3. The van der Waals surface area contributed by atoms with Crippen molar-refractivity contribution >= 4 is 5.97 Å². The largest absolute Gasteiger partial charge is 0.481 e. The molecule has 0 saturated carbocycles. The monoisotopic (exact) mass is 278 g/mol. The van der Waals surface area contributed by atoms with E-state index < -0.39 is 11.9 Å². The zero-order chi connectivity index (χ0) is 14.7. The van der Waals surface area contributed by atoms with Gasteiger partial charge < -0.3 is 9.52 Å². The van der Waals surface area contributed by atoms with Gasteiger partial charge in [-0.1, -0.05) is 13.8 Å². The van der Waals surface area contributed by atoms with Crippen LogP contribution in [0.4, 0.5) is 0 Å². The van der Waals surface area contributed by atoms with E-state index in [0.717, 1.165) is 5.56 Å². The molecule has 1 atom stereocenters. The Morgan fingerprint density at radius 3 is 2.80 bits per heavy atom. The fourth-order valence-electron chi connectivity index (χ4n) is 2.12. The molecule has 0 saturated heterocycles. The highest BCUT2D eigenvalue weighted by Gasteiger charge is 2.23. The predicted molar refractivity (Wildman–Crippen MR) is 70.8 cm³/mol. The molecule has 0 aliphatic rings. The van der Waals surface area contributed by atoms with Gasteiger partial charge in [-0.15, -0.1) is 5.10 Å². The van der Waals surface area contributed by atoms with E-state index in [-0.39, 0.29) is 6.54 Å². The van der Waals surface area contributed by atoms with Gasteiger partial charge in [-0.25, -0.2) is 4.68 Å². The van der Waals surface area contributed by atoms with E-state index >= 15 is 0 Å². The molecule has 7 nitrogen and oxygen atoms in total.